The van der Waals surface area contributed by atoms with Crippen LogP contribution in [-0.4, -0.2) is 32.7 Å². The van der Waals surface area contributed by atoms with Crippen molar-refractivity contribution in [3.8, 4) is 0 Å². The quantitative estimate of drug-likeness (QED) is 0.594. The number of nitrogens with zero attached hydrogens (tertiary/aromatic N) is 1. The van der Waals surface area contributed by atoms with E-state index in [0.29, 0.717) is 11.1 Å². The highest BCUT2D eigenvalue weighted by molar-refractivity contribution is 7.99. The topological polar surface area (TPSA) is 83.8 Å². The first-order chi connectivity index (χ1) is 10.7. The van der Waals surface area contributed by atoms with Crippen LogP contribution in [0.25, 0.3) is 11.0 Å². The van der Waals surface area contributed by atoms with Crippen LogP contribution >= 0.6 is 11.8 Å². The Morgan fingerprint density at radius 1 is 1.30 bits per heavy atom. The van der Waals surface area contributed by atoms with Gasteiger partial charge in [-0.3, -0.25) is 10.1 Å². The molecule has 23 heavy (non-hydrogen) atoms. The molecule has 1 aromatic carbocycles. The fraction of sp³-hybridized carbons (Fsp3) is 0.412. The van der Waals surface area contributed by atoms with Crippen LogP contribution in [0.2, 0.25) is 0 Å². The Labute approximate surface area is 140 Å². The van der Waals surface area contributed by atoms with Crippen molar-refractivity contribution in [1.29, 1.82) is 0 Å². The number of carbonyl (C=O) groups is 1. The molecule has 1 aromatic heterocycles. The van der Waals surface area contributed by atoms with Crippen molar-refractivity contribution in [3.05, 3.63) is 35.4 Å². The Bertz CT molecular complexity index is 804. The molecule has 0 bridgehead atoms. The molecular weight excluding hydrogens is 308 g/mol. The van der Waals surface area contributed by atoms with Crippen LogP contribution in [0.1, 0.15) is 38.1 Å². The number of H-pyrrole nitrogens is 1. The van der Waals surface area contributed by atoms with E-state index in [1.165, 1.54) is 5.57 Å². The summed E-state index contributed by atoms with van der Waals surface area (Å²) in [6.07, 6.45) is 2.29. The van der Waals surface area contributed by atoms with E-state index in [1.54, 1.807) is 17.8 Å². The summed E-state index contributed by atoms with van der Waals surface area (Å²) in [6, 6.07) is 5.42. The Balaban J connectivity index is 1.83. The standard InChI is InChI=1S/C17H22N4OS/c1-16(2)8-10(17(3,4)21-16)9-23-15-19-12-7-5-6-11(14(18)22)13(12)20-15/h5-8,21H,9H2,1-4H3,(H2,18,22)(H,19,20). The molecule has 0 unspecified atom stereocenters. The van der Waals surface area contributed by atoms with Crippen LogP contribution in [-0.2, 0) is 0 Å². The molecule has 122 valence electrons. The molecule has 0 fully saturated rings. The predicted octanol–water partition coefficient (Wildman–Crippen LogP) is 2.84. The van der Waals surface area contributed by atoms with E-state index in [1.807, 2.05) is 12.1 Å². The highest BCUT2D eigenvalue weighted by atomic mass is 32.2. The third-order valence-corrected chi connectivity index (χ3v) is 5.02. The summed E-state index contributed by atoms with van der Waals surface area (Å²) in [7, 11) is 0. The molecule has 2 aromatic rings. The number of aromatic amines is 1. The first kappa shape index (κ1) is 16.1. The summed E-state index contributed by atoms with van der Waals surface area (Å²) in [4.78, 5) is 19.3. The summed E-state index contributed by atoms with van der Waals surface area (Å²) in [5, 5.41) is 4.41. The van der Waals surface area contributed by atoms with Crippen LogP contribution in [0.5, 0.6) is 0 Å². The largest absolute Gasteiger partial charge is 0.366 e. The van der Waals surface area contributed by atoms with Crippen molar-refractivity contribution in [1.82, 2.24) is 15.3 Å². The number of fused-ring (bicyclic) bond motifs is 1. The first-order valence-electron chi connectivity index (χ1n) is 7.61. The van der Waals surface area contributed by atoms with Crippen molar-refractivity contribution >= 4 is 28.7 Å². The summed E-state index contributed by atoms with van der Waals surface area (Å²) in [5.41, 5.74) is 8.67. The molecule has 0 aliphatic carbocycles. The molecule has 0 atom stereocenters. The Morgan fingerprint density at radius 2 is 2.04 bits per heavy atom. The van der Waals surface area contributed by atoms with Crippen molar-refractivity contribution in [2.75, 3.05) is 5.75 Å². The fourth-order valence-electron chi connectivity index (χ4n) is 3.18. The molecule has 0 saturated carbocycles. The minimum absolute atomic E-state index is 0.00636. The SMILES string of the molecule is CC1(C)C=C(CSc2nc3c(C(N)=O)cccc3[nH]2)C(C)(C)N1. The van der Waals surface area contributed by atoms with Gasteiger partial charge in [-0.15, -0.1) is 0 Å². The van der Waals surface area contributed by atoms with Crippen molar-refractivity contribution in [2.24, 2.45) is 5.73 Å². The van der Waals surface area contributed by atoms with Crippen LogP contribution in [0, 0.1) is 0 Å². The third-order valence-electron chi connectivity index (χ3n) is 4.09. The van der Waals surface area contributed by atoms with Crippen molar-refractivity contribution in [3.63, 3.8) is 0 Å². The lowest BCUT2D eigenvalue weighted by Gasteiger charge is -2.28. The summed E-state index contributed by atoms with van der Waals surface area (Å²) >= 11 is 1.64. The van der Waals surface area contributed by atoms with Gasteiger partial charge >= 0.3 is 0 Å². The van der Waals surface area contributed by atoms with Gasteiger partial charge in [-0.1, -0.05) is 23.9 Å². The zero-order valence-electron chi connectivity index (χ0n) is 13.9. The number of imidazole rings is 1. The van der Waals surface area contributed by atoms with Gasteiger partial charge < -0.3 is 10.7 Å². The number of carbonyl (C=O) groups excluding carboxylic acids is 1. The number of nitrogens with two attached hydrogens (primary N) is 1. The normalized spacial score (nSPS) is 19.0. The molecular formula is C17H22N4OS. The Kier molecular flexibility index (Phi) is 3.77. The molecule has 3 rings (SSSR count). The Hall–Kier alpha value is -1.79. The number of thioether (sulfide) groups is 1. The lowest BCUT2D eigenvalue weighted by atomic mass is 9.99. The molecule has 2 heterocycles. The maximum Gasteiger partial charge on any atom is 0.250 e. The number of hydrogen-bond donors (Lipinski definition) is 3. The second-order valence-electron chi connectivity index (χ2n) is 7.04. The van der Waals surface area contributed by atoms with E-state index >= 15 is 0 Å². The Morgan fingerprint density at radius 3 is 2.65 bits per heavy atom. The van der Waals surface area contributed by atoms with E-state index in [2.05, 4.69) is 49.1 Å². The van der Waals surface area contributed by atoms with Gasteiger partial charge in [-0.05, 0) is 45.4 Å². The van der Waals surface area contributed by atoms with Crippen LogP contribution < -0.4 is 11.1 Å². The number of hydrogen-bond acceptors (Lipinski definition) is 4. The number of rotatable bonds is 4. The predicted molar refractivity (Wildman–Crippen MR) is 94.7 cm³/mol. The zero-order valence-corrected chi connectivity index (χ0v) is 14.7. The van der Waals surface area contributed by atoms with Crippen molar-refractivity contribution < 1.29 is 4.79 Å². The zero-order chi connectivity index (χ0) is 16.8. The monoisotopic (exact) mass is 330 g/mol. The smallest absolute Gasteiger partial charge is 0.250 e. The van der Waals surface area contributed by atoms with Gasteiger partial charge in [0.2, 0.25) is 0 Å². The number of amides is 1. The summed E-state index contributed by atoms with van der Waals surface area (Å²) in [5.74, 6) is 0.388. The molecule has 1 amide bonds. The fourth-order valence-corrected chi connectivity index (χ4v) is 4.26. The molecule has 6 heteroatoms. The molecule has 5 nitrogen and oxygen atoms in total. The van der Waals surface area contributed by atoms with Gasteiger partial charge in [0.25, 0.3) is 5.91 Å². The van der Waals surface area contributed by atoms with Crippen LogP contribution in [0.15, 0.2) is 35.0 Å². The minimum Gasteiger partial charge on any atom is -0.366 e. The molecule has 4 N–H and O–H groups in total. The van der Waals surface area contributed by atoms with Crippen LogP contribution in [0.3, 0.4) is 0 Å². The number of nitrogens with one attached hydrogen (secondary N) is 2. The molecule has 1 aliphatic heterocycles. The lowest BCUT2D eigenvalue weighted by molar-refractivity contribution is 0.100. The number of benzene rings is 1. The van der Waals surface area contributed by atoms with E-state index in [0.717, 1.165) is 16.4 Å². The number of para-hydroxylation sites is 1. The van der Waals surface area contributed by atoms with E-state index < -0.39 is 5.91 Å². The van der Waals surface area contributed by atoms with Crippen molar-refractivity contribution in [2.45, 2.75) is 43.9 Å². The average molecular weight is 330 g/mol. The maximum absolute atomic E-state index is 11.5. The van der Waals surface area contributed by atoms with Gasteiger partial charge in [0.1, 0.15) is 5.52 Å². The van der Waals surface area contributed by atoms with Gasteiger partial charge in [-0.25, -0.2) is 4.98 Å². The van der Waals surface area contributed by atoms with Gasteiger partial charge in [0, 0.05) is 16.8 Å². The van der Waals surface area contributed by atoms with E-state index in [-0.39, 0.29) is 11.1 Å². The van der Waals surface area contributed by atoms with Gasteiger partial charge in [0.15, 0.2) is 5.16 Å². The average Bonchev–Trinajstić information content (AvgIpc) is 2.92. The van der Waals surface area contributed by atoms with E-state index in [9.17, 15) is 4.79 Å². The number of aromatic nitrogens is 2. The first-order valence-corrected chi connectivity index (χ1v) is 8.59. The van der Waals surface area contributed by atoms with E-state index in [4.69, 9.17) is 5.73 Å². The minimum atomic E-state index is -0.454. The van der Waals surface area contributed by atoms with Gasteiger partial charge in [0.05, 0.1) is 11.1 Å². The number of primary amides is 1. The van der Waals surface area contributed by atoms with Crippen LogP contribution in [0.4, 0.5) is 0 Å². The van der Waals surface area contributed by atoms with Gasteiger partial charge in [-0.2, -0.15) is 0 Å². The summed E-state index contributed by atoms with van der Waals surface area (Å²) < 4.78 is 0. The highest BCUT2D eigenvalue weighted by Gasteiger charge is 2.36. The maximum atomic E-state index is 11.5. The molecule has 0 radical (unpaired) electrons. The second-order valence-corrected chi connectivity index (χ2v) is 8.00. The molecule has 0 spiro atoms. The lowest BCUT2D eigenvalue weighted by Crippen LogP contribution is -2.45. The highest BCUT2D eigenvalue weighted by Crippen LogP contribution is 2.33. The molecule has 1 aliphatic rings. The molecule has 0 saturated heterocycles. The second kappa shape index (κ2) is 5.39. The third kappa shape index (κ3) is 3.14. The summed E-state index contributed by atoms with van der Waals surface area (Å²) in [6.45, 7) is 8.73.